The van der Waals surface area contributed by atoms with Gasteiger partial charge in [-0.05, 0) is 19.1 Å². The van der Waals surface area contributed by atoms with Crippen LogP contribution in [0, 0.1) is 6.92 Å². The number of carbonyl (C=O) groups excluding carboxylic acids is 1. The lowest BCUT2D eigenvalue weighted by atomic mass is 10.4. The zero-order valence-corrected chi connectivity index (χ0v) is 12.4. The molecule has 2 rings (SSSR count). The number of aryl methyl sites for hydroxylation is 1. The van der Waals surface area contributed by atoms with E-state index < -0.39 is 18.5 Å². The predicted octanol–water partition coefficient (Wildman–Crippen LogP) is 2.06. The van der Waals surface area contributed by atoms with Crippen LogP contribution in [-0.4, -0.2) is 39.7 Å². The Bertz CT molecular complexity index is 655. The number of halogens is 3. The van der Waals surface area contributed by atoms with E-state index in [2.05, 4.69) is 20.6 Å². The van der Waals surface area contributed by atoms with Crippen molar-refractivity contribution in [1.82, 2.24) is 19.9 Å². The smallest absolute Gasteiger partial charge is 0.368 e. The maximum Gasteiger partial charge on any atom is 0.397 e. The number of nitrogens with zero attached hydrogens (tertiary/aromatic N) is 3. The third-order valence-corrected chi connectivity index (χ3v) is 2.81. The fourth-order valence-electron chi connectivity index (χ4n) is 1.90. The highest BCUT2D eigenvalue weighted by atomic mass is 19.4. The minimum atomic E-state index is -4.49. The molecule has 0 aliphatic heterocycles. The van der Waals surface area contributed by atoms with Gasteiger partial charge in [-0.1, -0.05) is 0 Å². The van der Waals surface area contributed by atoms with E-state index in [0.29, 0.717) is 17.5 Å². The Morgan fingerprint density at radius 2 is 1.91 bits per heavy atom. The number of anilines is 1. The van der Waals surface area contributed by atoms with Gasteiger partial charge in [0.15, 0.2) is 0 Å². The molecule has 0 radical (unpaired) electrons. The summed E-state index contributed by atoms with van der Waals surface area (Å²) in [6.07, 6.45) is -2.30. The molecule has 0 atom stereocenters. The fourth-order valence-corrected chi connectivity index (χ4v) is 1.90. The lowest BCUT2D eigenvalue weighted by Crippen LogP contribution is -2.32. The Labute approximate surface area is 130 Å². The van der Waals surface area contributed by atoms with Gasteiger partial charge in [-0.15, -0.1) is 0 Å². The van der Waals surface area contributed by atoms with Gasteiger partial charge in [0.05, 0.1) is 0 Å². The Hall–Kier alpha value is -2.58. The van der Waals surface area contributed by atoms with Crippen LogP contribution in [0.1, 0.15) is 12.2 Å². The molecule has 0 unspecified atom stereocenters. The van der Waals surface area contributed by atoms with E-state index in [4.69, 9.17) is 0 Å². The maximum atomic E-state index is 12.0. The third kappa shape index (κ3) is 5.61. The van der Waals surface area contributed by atoms with Crippen LogP contribution in [0.15, 0.2) is 30.6 Å². The average Bonchev–Trinajstić information content (AvgIpc) is 2.95. The Balaban J connectivity index is 1.86. The maximum absolute atomic E-state index is 12.0. The van der Waals surface area contributed by atoms with Crippen LogP contribution >= 0.6 is 0 Å². The summed E-state index contributed by atoms with van der Waals surface area (Å²) >= 11 is 0. The highest BCUT2D eigenvalue weighted by Gasteiger charge is 2.30. The first-order chi connectivity index (χ1) is 10.8. The van der Waals surface area contributed by atoms with E-state index in [1.807, 2.05) is 29.1 Å². The fraction of sp³-hybridized carbons (Fsp3) is 0.357. The first-order valence-electron chi connectivity index (χ1n) is 6.90. The van der Waals surface area contributed by atoms with Gasteiger partial charge in [-0.25, -0.2) is 9.97 Å². The molecule has 124 valence electrons. The van der Waals surface area contributed by atoms with Crippen molar-refractivity contribution in [2.24, 2.45) is 0 Å². The van der Waals surface area contributed by atoms with Gasteiger partial charge in [-0.2, -0.15) is 13.2 Å². The highest BCUT2D eigenvalue weighted by molar-refractivity contribution is 5.76. The van der Waals surface area contributed by atoms with Crippen LogP contribution in [0.4, 0.5) is 19.0 Å². The number of aromatic nitrogens is 3. The summed E-state index contributed by atoms with van der Waals surface area (Å²) in [6, 6.07) is 5.44. The molecule has 6 nitrogen and oxygen atoms in total. The molecule has 2 N–H and O–H groups in total. The lowest BCUT2D eigenvalue weighted by Gasteiger charge is -2.10. The second-order valence-corrected chi connectivity index (χ2v) is 4.82. The van der Waals surface area contributed by atoms with Gasteiger partial charge in [0, 0.05) is 31.5 Å². The number of hydrogen-bond acceptors (Lipinski definition) is 4. The van der Waals surface area contributed by atoms with Crippen molar-refractivity contribution in [2.45, 2.75) is 19.5 Å². The molecule has 0 saturated heterocycles. The quantitative estimate of drug-likeness (QED) is 0.797. The Morgan fingerprint density at radius 1 is 1.22 bits per heavy atom. The van der Waals surface area contributed by atoms with Crippen LogP contribution in [-0.2, 0) is 4.79 Å². The van der Waals surface area contributed by atoms with Crippen LogP contribution in [0.25, 0.3) is 5.82 Å². The topological polar surface area (TPSA) is 71.8 Å². The largest absolute Gasteiger partial charge is 0.397 e. The molecule has 2 heterocycles. The summed E-state index contributed by atoms with van der Waals surface area (Å²) in [4.78, 5) is 19.5. The van der Waals surface area contributed by atoms with E-state index in [1.165, 1.54) is 0 Å². The normalized spacial score (nSPS) is 11.3. The number of amides is 1. The molecule has 1 amide bonds. The molecule has 0 aliphatic rings. The van der Waals surface area contributed by atoms with Crippen molar-refractivity contribution in [2.75, 3.05) is 18.4 Å². The van der Waals surface area contributed by atoms with E-state index in [0.717, 1.165) is 0 Å². The van der Waals surface area contributed by atoms with Crippen molar-refractivity contribution < 1.29 is 18.0 Å². The first kappa shape index (κ1) is 16.8. The molecule has 9 heteroatoms. The van der Waals surface area contributed by atoms with Gasteiger partial charge in [0.25, 0.3) is 0 Å². The van der Waals surface area contributed by atoms with E-state index in [9.17, 15) is 18.0 Å². The lowest BCUT2D eigenvalue weighted by molar-refractivity contribution is -0.153. The summed E-state index contributed by atoms with van der Waals surface area (Å²) in [5, 5.41) is 5.14. The zero-order valence-electron chi connectivity index (χ0n) is 12.4. The summed E-state index contributed by atoms with van der Waals surface area (Å²) in [5.74, 6) is 0.711. The Morgan fingerprint density at radius 3 is 2.57 bits per heavy atom. The minimum Gasteiger partial charge on any atom is -0.368 e. The molecule has 0 aliphatic carbocycles. The van der Waals surface area contributed by atoms with Gasteiger partial charge in [0.1, 0.15) is 23.9 Å². The molecular formula is C14H16F3N5O. The molecule has 0 bridgehead atoms. The number of alkyl halides is 3. The predicted molar refractivity (Wildman–Crippen MR) is 78.3 cm³/mol. The summed E-state index contributed by atoms with van der Waals surface area (Å²) in [7, 11) is 0. The monoisotopic (exact) mass is 327 g/mol. The average molecular weight is 327 g/mol. The van der Waals surface area contributed by atoms with Gasteiger partial charge in [0.2, 0.25) is 5.91 Å². The molecule has 0 spiro atoms. The highest BCUT2D eigenvalue weighted by Crippen LogP contribution is 2.18. The third-order valence-electron chi connectivity index (χ3n) is 2.81. The number of hydrogen-bond donors (Lipinski definition) is 2. The summed E-state index contributed by atoms with van der Waals surface area (Å²) in [6.45, 7) is 2.06. The molecule has 0 aromatic carbocycles. The van der Waals surface area contributed by atoms with Crippen LogP contribution in [0.5, 0.6) is 0 Å². The molecule has 0 fully saturated rings. The molecule has 2 aromatic rings. The van der Waals surface area contributed by atoms with E-state index in [1.54, 1.807) is 13.0 Å². The van der Waals surface area contributed by atoms with Crippen LogP contribution < -0.4 is 10.6 Å². The SMILES string of the molecule is Cc1nc(NCCNC(=O)CC(F)(F)F)cc(-n2cccc2)n1. The molecule has 2 aromatic heterocycles. The summed E-state index contributed by atoms with van der Waals surface area (Å²) < 4.78 is 37.8. The van der Waals surface area contributed by atoms with E-state index >= 15 is 0 Å². The molecule has 23 heavy (non-hydrogen) atoms. The van der Waals surface area contributed by atoms with E-state index in [-0.39, 0.29) is 13.1 Å². The van der Waals surface area contributed by atoms with Crippen molar-refractivity contribution in [3.05, 3.63) is 36.4 Å². The van der Waals surface area contributed by atoms with Gasteiger partial charge >= 0.3 is 6.18 Å². The molecule has 0 saturated carbocycles. The van der Waals surface area contributed by atoms with Gasteiger partial charge < -0.3 is 15.2 Å². The minimum absolute atomic E-state index is 0.0663. The van der Waals surface area contributed by atoms with Crippen LogP contribution in [0.3, 0.4) is 0 Å². The van der Waals surface area contributed by atoms with Crippen LogP contribution in [0.2, 0.25) is 0 Å². The molecular weight excluding hydrogens is 311 g/mol. The van der Waals surface area contributed by atoms with Crippen molar-refractivity contribution in [1.29, 1.82) is 0 Å². The zero-order chi connectivity index (χ0) is 16.9. The van der Waals surface area contributed by atoms with Crippen molar-refractivity contribution >= 4 is 11.7 Å². The van der Waals surface area contributed by atoms with Crippen molar-refractivity contribution in [3.8, 4) is 5.82 Å². The number of rotatable bonds is 6. The summed E-state index contributed by atoms with van der Waals surface area (Å²) in [5.41, 5.74) is 0. The van der Waals surface area contributed by atoms with Crippen molar-refractivity contribution in [3.63, 3.8) is 0 Å². The van der Waals surface area contributed by atoms with Gasteiger partial charge in [-0.3, -0.25) is 4.79 Å². The Kier molecular flexibility index (Phi) is 5.20. The number of carbonyl (C=O) groups is 1. The number of nitrogens with one attached hydrogen (secondary N) is 2. The second kappa shape index (κ2) is 7.12. The standard InChI is InChI=1S/C14H16F3N5O/c1-10-20-11(8-12(21-10)22-6-2-3-7-22)18-4-5-19-13(23)9-14(15,16)17/h2-3,6-8H,4-5,9H2,1H3,(H,19,23)(H,18,20,21). The second-order valence-electron chi connectivity index (χ2n) is 4.82. The first-order valence-corrected chi connectivity index (χ1v) is 6.90.